The molecule has 0 bridgehead atoms. The molecule has 10 heteroatoms. The monoisotopic (exact) mass is 396 g/mol. The molecule has 1 aromatic heterocycles. The lowest BCUT2D eigenvalue weighted by Crippen LogP contribution is -2.46. The first-order valence-corrected chi connectivity index (χ1v) is 8.81. The minimum Gasteiger partial charge on any atom is -0.465 e. The van der Waals surface area contributed by atoms with Crippen LogP contribution in [0.1, 0.15) is 24.0 Å². The number of halogens is 1. The van der Waals surface area contributed by atoms with Crippen LogP contribution in [0.3, 0.4) is 0 Å². The summed E-state index contributed by atoms with van der Waals surface area (Å²) in [5.74, 6) is -0.457. The molecule has 1 aromatic carbocycles. The summed E-state index contributed by atoms with van der Waals surface area (Å²) in [4.78, 5) is 29.8. The second-order valence-electron chi connectivity index (χ2n) is 6.63. The first-order valence-electron chi connectivity index (χ1n) is 8.81. The van der Waals surface area contributed by atoms with Crippen LogP contribution in [-0.4, -0.2) is 39.9 Å². The van der Waals surface area contributed by atoms with E-state index in [0.717, 1.165) is 6.07 Å². The number of amides is 1. The SMILES string of the molecule is Cn1c(N2CCC(NC(=O)O)CC2)nc(-c2ccc(C#N)c(F)c2)c(C#N)c1=O. The molecule has 148 valence electrons. The van der Waals surface area contributed by atoms with Crippen LogP contribution in [0.2, 0.25) is 0 Å². The fourth-order valence-electron chi connectivity index (χ4n) is 3.33. The van der Waals surface area contributed by atoms with Crippen molar-refractivity contribution in [3.05, 3.63) is 45.5 Å². The highest BCUT2D eigenvalue weighted by atomic mass is 19.1. The highest BCUT2D eigenvalue weighted by Crippen LogP contribution is 2.25. The van der Waals surface area contributed by atoms with E-state index in [0.29, 0.717) is 31.9 Å². The van der Waals surface area contributed by atoms with Crippen LogP contribution in [0.5, 0.6) is 0 Å². The second kappa shape index (κ2) is 7.98. The smallest absolute Gasteiger partial charge is 0.404 e. The number of carboxylic acid groups (broad SMARTS) is 1. The number of anilines is 1. The van der Waals surface area contributed by atoms with Crippen LogP contribution in [0.15, 0.2) is 23.0 Å². The minimum atomic E-state index is -1.09. The summed E-state index contributed by atoms with van der Waals surface area (Å²) in [6.07, 6.45) is -0.0242. The maximum Gasteiger partial charge on any atom is 0.404 e. The number of aromatic nitrogens is 2. The molecule has 29 heavy (non-hydrogen) atoms. The molecule has 2 N–H and O–H groups in total. The van der Waals surface area contributed by atoms with Crippen LogP contribution in [0.25, 0.3) is 11.3 Å². The third-order valence-corrected chi connectivity index (χ3v) is 4.85. The molecule has 1 aliphatic heterocycles. The second-order valence-corrected chi connectivity index (χ2v) is 6.63. The summed E-state index contributed by atoms with van der Waals surface area (Å²) in [6.45, 7) is 0.913. The Labute approximate surface area is 165 Å². The van der Waals surface area contributed by atoms with Crippen molar-refractivity contribution in [3.8, 4) is 23.4 Å². The van der Waals surface area contributed by atoms with Gasteiger partial charge in [0.15, 0.2) is 0 Å². The molecular weight excluding hydrogens is 379 g/mol. The number of rotatable bonds is 3. The van der Waals surface area contributed by atoms with Gasteiger partial charge in [0.05, 0.1) is 11.3 Å². The Kier molecular flexibility index (Phi) is 5.46. The number of nitrogens with one attached hydrogen (secondary N) is 1. The van der Waals surface area contributed by atoms with Crippen LogP contribution in [0, 0.1) is 28.5 Å². The van der Waals surface area contributed by atoms with Crippen molar-refractivity contribution in [2.24, 2.45) is 7.05 Å². The molecule has 9 nitrogen and oxygen atoms in total. The largest absolute Gasteiger partial charge is 0.465 e. The van der Waals surface area contributed by atoms with Gasteiger partial charge in [-0.05, 0) is 25.0 Å². The molecule has 3 rings (SSSR count). The maximum atomic E-state index is 14.1. The molecule has 0 aliphatic carbocycles. The predicted octanol–water partition coefficient (Wildman–Crippen LogP) is 1.57. The van der Waals surface area contributed by atoms with E-state index in [2.05, 4.69) is 10.3 Å². The van der Waals surface area contributed by atoms with Crippen molar-refractivity contribution in [2.45, 2.75) is 18.9 Å². The summed E-state index contributed by atoms with van der Waals surface area (Å²) in [6, 6.07) is 7.16. The van der Waals surface area contributed by atoms with Crippen molar-refractivity contribution in [1.29, 1.82) is 10.5 Å². The van der Waals surface area contributed by atoms with Gasteiger partial charge in [-0.2, -0.15) is 10.5 Å². The molecular formula is C19H17FN6O3. The van der Waals surface area contributed by atoms with Gasteiger partial charge in [0.25, 0.3) is 5.56 Å². The number of benzene rings is 1. The lowest BCUT2D eigenvalue weighted by molar-refractivity contribution is 0.187. The molecule has 0 radical (unpaired) electrons. The number of nitriles is 2. The van der Waals surface area contributed by atoms with Gasteiger partial charge in [0, 0.05) is 31.7 Å². The van der Waals surface area contributed by atoms with E-state index in [9.17, 15) is 19.2 Å². The van der Waals surface area contributed by atoms with E-state index >= 15 is 0 Å². The van der Waals surface area contributed by atoms with E-state index < -0.39 is 17.5 Å². The molecule has 0 unspecified atom stereocenters. The summed E-state index contributed by atoms with van der Waals surface area (Å²) >= 11 is 0. The van der Waals surface area contributed by atoms with Gasteiger partial charge >= 0.3 is 6.09 Å². The highest BCUT2D eigenvalue weighted by Gasteiger charge is 2.25. The number of piperidine rings is 1. The number of hydrogen-bond acceptors (Lipinski definition) is 6. The standard InChI is InChI=1S/C19H17FN6O3/c1-25-17(27)14(10-22)16(11-2-3-12(9-21)15(20)8-11)24-18(25)26-6-4-13(5-7-26)23-19(28)29/h2-3,8,13,23H,4-7H2,1H3,(H,28,29). The maximum absolute atomic E-state index is 14.1. The zero-order valence-electron chi connectivity index (χ0n) is 15.5. The van der Waals surface area contributed by atoms with Crippen molar-refractivity contribution < 1.29 is 14.3 Å². The van der Waals surface area contributed by atoms with Gasteiger partial charge in [0.2, 0.25) is 5.95 Å². The van der Waals surface area contributed by atoms with Crippen molar-refractivity contribution in [2.75, 3.05) is 18.0 Å². The number of carbonyl (C=O) groups is 1. The van der Waals surface area contributed by atoms with Crippen LogP contribution >= 0.6 is 0 Å². The summed E-state index contributed by atoms with van der Waals surface area (Å²) in [7, 11) is 1.50. The molecule has 1 aliphatic rings. The molecule has 0 atom stereocenters. The first kappa shape index (κ1) is 19.8. The summed E-state index contributed by atoms with van der Waals surface area (Å²) in [5, 5.41) is 29.6. The lowest BCUT2D eigenvalue weighted by atomic mass is 10.0. The Balaban J connectivity index is 2.02. The van der Waals surface area contributed by atoms with E-state index in [4.69, 9.17) is 10.4 Å². The van der Waals surface area contributed by atoms with Gasteiger partial charge in [-0.3, -0.25) is 9.36 Å². The minimum absolute atomic E-state index is 0.0415. The van der Waals surface area contributed by atoms with Crippen molar-refractivity contribution >= 4 is 12.0 Å². The molecule has 2 heterocycles. The average Bonchev–Trinajstić information content (AvgIpc) is 2.70. The average molecular weight is 396 g/mol. The predicted molar refractivity (Wildman–Crippen MR) is 101 cm³/mol. The highest BCUT2D eigenvalue weighted by molar-refractivity contribution is 5.68. The van der Waals surface area contributed by atoms with Crippen LogP contribution in [0.4, 0.5) is 15.1 Å². The zero-order chi connectivity index (χ0) is 21.1. The van der Waals surface area contributed by atoms with Crippen LogP contribution in [-0.2, 0) is 7.05 Å². The topological polar surface area (TPSA) is 135 Å². The number of nitrogens with zero attached hydrogens (tertiary/aromatic N) is 5. The zero-order valence-corrected chi connectivity index (χ0v) is 15.5. The van der Waals surface area contributed by atoms with E-state index in [1.165, 1.54) is 23.7 Å². The molecule has 1 fully saturated rings. The molecule has 2 aromatic rings. The fraction of sp³-hybridized carbons (Fsp3) is 0.316. The Morgan fingerprint density at radius 3 is 2.55 bits per heavy atom. The van der Waals surface area contributed by atoms with Crippen molar-refractivity contribution in [1.82, 2.24) is 14.9 Å². The van der Waals surface area contributed by atoms with Crippen molar-refractivity contribution in [3.63, 3.8) is 0 Å². The molecule has 1 saturated heterocycles. The Morgan fingerprint density at radius 2 is 2.00 bits per heavy atom. The number of hydrogen-bond donors (Lipinski definition) is 2. The van der Waals surface area contributed by atoms with Gasteiger partial charge in [-0.15, -0.1) is 0 Å². The van der Waals surface area contributed by atoms with Gasteiger partial charge in [-0.1, -0.05) is 6.07 Å². The molecule has 0 spiro atoms. The Morgan fingerprint density at radius 1 is 1.31 bits per heavy atom. The lowest BCUT2D eigenvalue weighted by Gasteiger charge is -2.33. The summed E-state index contributed by atoms with van der Waals surface area (Å²) in [5.41, 5.74) is -0.672. The normalized spacial score (nSPS) is 14.1. The Hall–Kier alpha value is -3.92. The van der Waals surface area contributed by atoms with Gasteiger partial charge in [-0.25, -0.2) is 14.2 Å². The van der Waals surface area contributed by atoms with Gasteiger partial charge in [0.1, 0.15) is 23.5 Å². The first-order chi connectivity index (χ1) is 13.8. The van der Waals surface area contributed by atoms with Gasteiger partial charge < -0.3 is 15.3 Å². The van der Waals surface area contributed by atoms with E-state index in [1.807, 2.05) is 11.0 Å². The molecule has 0 saturated carbocycles. The third kappa shape index (κ3) is 3.87. The third-order valence-electron chi connectivity index (χ3n) is 4.85. The van der Waals surface area contributed by atoms with E-state index in [-0.39, 0.29) is 28.4 Å². The van der Waals surface area contributed by atoms with Crippen LogP contribution < -0.4 is 15.8 Å². The molecule has 1 amide bonds. The Bertz CT molecular complexity index is 1110. The van der Waals surface area contributed by atoms with E-state index in [1.54, 1.807) is 6.07 Å². The summed E-state index contributed by atoms with van der Waals surface area (Å²) < 4.78 is 15.3. The quantitative estimate of drug-likeness (QED) is 0.804. The fourth-order valence-corrected chi connectivity index (χ4v) is 3.33.